The van der Waals surface area contributed by atoms with Crippen LogP contribution in [0.1, 0.15) is 38.4 Å². The van der Waals surface area contributed by atoms with E-state index < -0.39 is 6.10 Å². The maximum atomic E-state index is 13.3. The Bertz CT molecular complexity index is 310. The first-order valence-electron chi connectivity index (χ1n) is 5.25. The summed E-state index contributed by atoms with van der Waals surface area (Å²) in [6, 6.07) is 4.44. The first kappa shape index (κ1) is 12.0. The van der Waals surface area contributed by atoms with Crippen molar-refractivity contribution in [1.82, 2.24) is 0 Å². The van der Waals surface area contributed by atoms with E-state index >= 15 is 0 Å². The smallest absolute Gasteiger partial charge is 0.165 e. The van der Waals surface area contributed by atoms with E-state index in [9.17, 15) is 9.50 Å². The van der Waals surface area contributed by atoms with Crippen LogP contribution in [0, 0.1) is 5.82 Å². The second-order valence-electron chi connectivity index (χ2n) is 3.57. The van der Waals surface area contributed by atoms with Crippen LogP contribution in [0.15, 0.2) is 18.2 Å². The molecule has 1 aromatic rings. The van der Waals surface area contributed by atoms with Gasteiger partial charge >= 0.3 is 0 Å². The molecule has 2 nitrogen and oxygen atoms in total. The minimum Gasteiger partial charge on any atom is -0.491 e. The Morgan fingerprint density at radius 3 is 2.80 bits per heavy atom. The quantitative estimate of drug-likeness (QED) is 0.760. The van der Waals surface area contributed by atoms with Crippen molar-refractivity contribution in [2.24, 2.45) is 0 Å². The van der Waals surface area contributed by atoms with Crippen LogP contribution in [0.4, 0.5) is 4.39 Å². The summed E-state index contributed by atoms with van der Waals surface area (Å²) in [5.41, 5.74) is 0.669. The summed E-state index contributed by atoms with van der Waals surface area (Å²) in [4.78, 5) is 0. The van der Waals surface area contributed by atoms with Crippen LogP contribution in [0.25, 0.3) is 0 Å². The van der Waals surface area contributed by atoms with E-state index in [0.29, 0.717) is 12.2 Å². The van der Waals surface area contributed by atoms with Crippen molar-refractivity contribution < 1.29 is 14.2 Å². The molecule has 0 aliphatic heterocycles. The molecule has 0 bridgehead atoms. The molecule has 1 aromatic carbocycles. The fraction of sp³-hybridized carbons (Fsp3) is 0.500. The molecule has 0 saturated heterocycles. The molecular formula is C12H17FO2. The highest BCUT2D eigenvalue weighted by Crippen LogP contribution is 2.22. The number of rotatable bonds is 5. The van der Waals surface area contributed by atoms with Gasteiger partial charge in [-0.3, -0.25) is 0 Å². The maximum Gasteiger partial charge on any atom is 0.165 e. The van der Waals surface area contributed by atoms with Gasteiger partial charge in [-0.15, -0.1) is 0 Å². The van der Waals surface area contributed by atoms with Crippen LogP contribution in [0.2, 0.25) is 0 Å². The first-order valence-corrected chi connectivity index (χ1v) is 5.25. The number of halogens is 1. The van der Waals surface area contributed by atoms with E-state index in [0.717, 1.165) is 12.8 Å². The summed E-state index contributed by atoms with van der Waals surface area (Å²) < 4.78 is 18.5. The normalized spacial score (nSPS) is 12.5. The molecule has 1 rings (SSSR count). The van der Waals surface area contributed by atoms with Gasteiger partial charge in [0.1, 0.15) is 0 Å². The Hall–Kier alpha value is -1.09. The summed E-state index contributed by atoms with van der Waals surface area (Å²) in [7, 11) is 0. The lowest BCUT2D eigenvalue weighted by Crippen LogP contribution is -2.00. The summed E-state index contributed by atoms with van der Waals surface area (Å²) in [5.74, 6) is -0.155. The van der Waals surface area contributed by atoms with Gasteiger partial charge in [-0.25, -0.2) is 4.39 Å². The summed E-state index contributed by atoms with van der Waals surface area (Å²) in [5, 5.41) is 9.33. The molecular weight excluding hydrogens is 195 g/mol. The molecule has 0 saturated carbocycles. The highest BCUT2D eigenvalue weighted by atomic mass is 19.1. The molecule has 84 valence electrons. The van der Waals surface area contributed by atoms with Crippen molar-refractivity contribution in [2.45, 2.75) is 32.8 Å². The third kappa shape index (κ3) is 3.51. The Morgan fingerprint density at radius 2 is 2.20 bits per heavy atom. The number of aliphatic hydroxyl groups excluding tert-OH is 1. The molecule has 0 spiro atoms. The maximum absolute atomic E-state index is 13.3. The molecule has 1 N–H and O–H groups in total. The van der Waals surface area contributed by atoms with Gasteiger partial charge in [-0.2, -0.15) is 0 Å². The Labute approximate surface area is 89.7 Å². The van der Waals surface area contributed by atoms with E-state index in [2.05, 4.69) is 0 Å². The van der Waals surface area contributed by atoms with Crippen molar-refractivity contribution in [3.8, 4) is 5.75 Å². The number of hydrogen-bond acceptors (Lipinski definition) is 2. The zero-order valence-corrected chi connectivity index (χ0v) is 9.16. The molecule has 0 aliphatic carbocycles. The second kappa shape index (κ2) is 5.71. The lowest BCUT2D eigenvalue weighted by Gasteiger charge is -2.10. The van der Waals surface area contributed by atoms with E-state index in [-0.39, 0.29) is 11.6 Å². The lowest BCUT2D eigenvalue weighted by atomic mass is 10.1. The lowest BCUT2D eigenvalue weighted by molar-refractivity contribution is 0.198. The SMILES string of the molecule is CCCCOc1cc(C(C)O)ccc1F. The van der Waals surface area contributed by atoms with Crippen molar-refractivity contribution in [1.29, 1.82) is 0 Å². The second-order valence-corrected chi connectivity index (χ2v) is 3.57. The fourth-order valence-corrected chi connectivity index (χ4v) is 1.22. The van der Waals surface area contributed by atoms with E-state index in [1.807, 2.05) is 6.92 Å². The van der Waals surface area contributed by atoms with Crippen molar-refractivity contribution in [2.75, 3.05) is 6.61 Å². The number of unbranched alkanes of at least 4 members (excludes halogenated alkanes) is 1. The molecule has 0 radical (unpaired) electrons. The Morgan fingerprint density at radius 1 is 1.47 bits per heavy atom. The Kier molecular flexibility index (Phi) is 4.56. The highest BCUT2D eigenvalue weighted by molar-refractivity contribution is 5.31. The number of benzene rings is 1. The standard InChI is InChI=1S/C12H17FO2/c1-3-4-7-15-12-8-10(9(2)14)5-6-11(12)13/h5-6,8-9,14H,3-4,7H2,1-2H3. The highest BCUT2D eigenvalue weighted by Gasteiger charge is 2.07. The summed E-state index contributed by atoms with van der Waals surface area (Å²) in [6.07, 6.45) is 1.31. The van der Waals surface area contributed by atoms with Crippen LogP contribution in [0.5, 0.6) is 5.75 Å². The van der Waals surface area contributed by atoms with Crippen LogP contribution < -0.4 is 4.74 Å². The van der Waals surface area contributed by atoms with Gasteiger partial charge < -0.3 is 9.84 Å². The molecule has 0 aliphatic rings. The van der Waals surface area contributed by atoms with Crippen LogP contribution in [0.3, 0.4) is 0 Å². The largest absolute Gasteiger partial charge is 0.491 e. The number of hydrogen-bond donors (Lipinski definition) is 1. The molecule has 15 heavy (non-hydrogen) atoms. The number of ether oxygens (including phenoxy) is 1. The summed E-state index contributed by atoms with van der Waals surface area (Å²) >= 11 is 0. The van der Waals surface area contributed by atoms with Crippen LogP contribution in [-0.2, 0) is 0 Å². The molecule has 0 aromatic heterocycles. The van der Waals surface area contributed by atoms with Crippen LogP contribution >= 0.6 is 0 Å². The molecule has 1 unspecified atom stereocenters. The zero-order valence-electron chi connectivity index (χ0n) is 9.16. The fourth-order valence-electron chi connectivity index (χ4n) is 1.22. The molecule has 3 heteroatoms. The molecule has 0 heterocycles. The third-order valence-corrected chi connectivity index (χ3v) is 2.19. The zero-order chi connectivity index (χ0) is 11.3. The minimum absolute atomic E-state index is 0.224. The van der Waals surface area contributed by atoms with Crippen molar-refractivity contribution >= 4 is 0 Å². The molecule has 1 atom stereocenters. The van der Waals surface area contributed by atoms with Gasteiger partial charge in [0.05, 0.1) is 12.7 Å². The van der Waals surface area contributed by atoms with Gasteiger partial charge in [0.15, 0.2) is 11.6 Å². The monoisotopic (exact) mass is 212 g/mol. The number of aliphatic hydroxyl groups is 1. The van der Waals surface area contributed by atoms with E-state index in [1.165, 1.54) is 6.07 Å². The van der Waals surface area contributed by atoms with Crippen LogP contribution in [-0.4, -0.2) is 11.7 Å². The van der Waals surface area contributed by atoms with Gasteiger partial charge in [0, 0.05) is 0 Å². The van der Waals surface area contributed by atoms with Gasteiger partial charge in [0.25, 0.3) is 0 Å². The Balaban J connectivity index is 2.72. The third-order valence-electron chi connectivity index (χ3n) is 2.19. The van der Waals surface area contributed by atoms with Crippen molar-refractivity contribution in [3.05, 3.63) is 29.6 Å². The van der Waals surface area contributed by atoms with E-state index in [1.54, 1.807) is 19.1 Å². The van der Waals surface area contributed by atoms with Gasteiger partial charge in [-0.05, 0) is 31.0 Å². The predicted molar refractivity (Wildman–Crippen MR) is 57.4 cm³/mol. The van der Waals surface area contributed by atoms with Gasteiger partial charge in [0.2, 0.25) is 0 Å². The first-order chi connectivity index (χ1) is 7.15. The van der Waals surface area contributed by atoms with Gasteiger partial charge in [-0.1, -0.05) is 19.4 Å². The predicted octanol–water partition coefficient (Wildman–Crippen LogP) is 3.06. The average Bonchev–Trinajstić information content (AvgIpc) is 2.20. The summed E-state index contributed by atoms with van der Waals surface area (Å²) in [6.45, 7) is 4.20. The minimum atomic E-state index is -0.598. The molecule has 0 amide bonds. The molecule has 0 fully saturated rings. The topological polar surface area (TPSA) is 29.5 Å². The van der Waals surface area contributed by atoms with Crippen molar-refractivity contribution in [3.63, 3.8) is 0 Å². The average molecular weight is 212 g/mol. The van der Waals surface area contributed by atoms with E-state index in [4.69, 9.17) is 4.74 Å².